The summed E-state index contributed by atoms with van der Waals surface area (Å²) < 4.78 is 0. The Morgan fingerprint density at radius 2 is 1.14 bits per heavy atom. The van der Waals surface area contributed by atoms with E-state index < -0.39 is 23.9 Å². The van der Waals surface area contributed by atoms with E-state index in [0.29, 0.717) is 6.42 Å². The third-order valence-corrected chi connectivity index (χ3v) is 1.35. The first-order valence-electron chi connectivity index (χ1n) is 6.75. The first-order valence-corrected chi connectivity index (χ1v) is 6.75. The van der Waals surface area contributed by atoms with Gasteiger partial charge >= 0.3 is 17.9 Å². The molecule has 0 saturated carbocycles. The molecule has 0 heterocycles. The maximum atomic E-state index is 9.81. The van der Waals surface area contributed by atoms with Gasteiger partial charge < -0.3 is 20.4 Å². The molecule has 0 unspecified atom stereocenters. The van der Waals surface area contributed by atoms with Gasteiger partial charge in [-0.1, -0.05) is 27.7 Å². The number of carbonyl (C=O) groups is 4. The van der Waals surface area contributed by atoms with Crippen molar-refractivity contribution in [2.24, 2.45) is 5.92 Å². The Kier molecular flexibility index (Phi) is 27.1. The number of rotatable bonds is 5. The van der Waals surface area contributed by atoms with Crippen molar-refractivity contribution in [3.63, 3.8) is 0 Å². The molecule has 0 aromatic carbocycles. The zero-order valence-electron chi connectivity index (χ0n) is 13.8. The molecule has 22 heavy (non-hydrogen) atoms. The van der Waals surface area contributed by atoms with E-state index in [1.165, 1.54) is 0 Å². The van der Waals surface area contributed by atoms with Crippen molar-refractivity contribution in [1.29, 1.82) is 0 Å². The highest BCUT2D eigenvalue weighted by Crippen LogP contribution is 1.96. The van der Waals surface area contributed by atoms with Crippen LogP contribution >= 0.6 is 0 Å². The predicted octanol–water partition coefficient (Wildman–Crippen LogP) is 2.56. The van der Waals surface area contributed by atoms with Crippen molar-refractivity contribution in [3.8, 4) is 0 Å². The Balaban J connectivity index is -0.000000100. The highest BCUT2D eigenvalue weighted by atomic mass is 16.4. The van der Waals surface area contributed by atoms with Crippen LogP contribution in [0.15, 0.2) is 0 Å². The van der Waals surface area contributed by atoms with Gasteiger partial charge in [0, 0.05) is 26.2 Å². The molecule has 8 nitrogen and oxygen atoms in total. The summed E-state index contributed by atoms with van der Waals surface area (Å²) in [5, 5.41) is 31.1. The Labute approximate surface area is 130 Å². The molecule has 4 N–H and O–H groups in total. The minimum absolute atomic E-state index is 0.222. The summed E-state index contributed by atoms with van der Waals surface area (Å²) in [6.45, 7) is 8.29. The molecule has 8 heteroatoms. The van der Waals surface area contributed by atoms with Gasteiger partial charge in [-0.2, -0.15) is 0 Å². The lowest BCUT2D eigenvalue weighted by Gasteiger charge is -1.94. The van der Waals surface area contributed by atoms with E-state index in [1.54, 1.807) is 6.92 Å². The van der Waals surface area contributed by atoms with Crippen molar-refractivity contribution in [2.75, 3.05) is 0 Å². The van der Waals surface area contributed by atoms with Gasteiger partial charge in [-0.05, 0) is 12.3 Å². The third kappa shape index (κ3) is 108. The third-order valence-electron chi connectivity index (χ3n) is 1.35. The average Bonchev–Trinajstić information content (AvgIpc) is 2.27. The van der Waals surface area contributed by atoms with Crippen LogP contribution in [0.1, 0.15) is 60.3 Å². The summed E-state index contributed by atoms with van der Waals surface area (Å²) in [4.78, 5) is 37.8. The number of hydrogen-bond donors (Lipinski definition) is 4. The van der Waals surface area contributed by atoms with E-state index in [1.807, 2.05) is 20.8 Å². The van der Waals surface area contributed by atoms with Crippen LogP contribution in [0.3, 0.4) is 0 Å². The van der Waals surface area contributed by atoms with Crippen molar-refractivity contribution < 1.29 is 39.6 Å². The Morgan fingerprint density at radius 3 is 1.14 bits per heavy atom. The fourth-order valence-corrected chi connectivity index (χ4v) is 0.563. The summed E-state index contributed by atoms with van der Waals surface area (Å²) in [5.41, 5.74) is 0. The van der Waals surface area contributed by atoms with Gasteiger partial charge in [0.1, 0.15) is 0 Å². The molecule has 0 aliphatic rings. The molecule has 0 aliphatic heterocycles. The molecular formula is C14H28O8. The van der Waals surface area contributed by atoms with Crippen LogP contribution in [0.2, 0.25) is 0 Å². The van der Waals surface area contributed by atoms with Crippen molar-refractivity contribution in [2.45, 2.75) is 60.3 Å². The predicted molar refractivity (Wildman–Crippen MR) is 80.9 cm³/mol. The van der Waals surface area contributed by atoms with Crippen LogP contribution < -0.4 is 0 Å². The molecule has 0 aliphatic carbocycles. The zero-order valence-corrected chi connectivity index (χ0v) is 13.8. The molecule has 0 fully saturated rings. The van der Waals surface area contributed by atoms with Crippen LogP contribution in [-0.4, -0.2) is 44.3 Å². The Morgan fingerprint density at radius 1 is 0.818 bits per heavy atom. The van der Waals surface area contributed by atoms with E-state index >= 15 is 0 Å². The molecule has 0 rings (SSSR count). The molecule has 0 atom stereocenters. The molecule has 0 aromatic heterocycles. The van der Waals surface area contributed by atoms with Crippen LogP contribution in [0.5, 0.6) is 0 Å². The molecular weight excluding hydrogens is 296 g/mol. The van der Waals surface area contributed by atoms with E-state index in [0.717, 1.165) is 13.3 Å². The maximum absolute atomic E-state index is 9.81. The molecule has 0 radical (unpaired) electrons. The van der Waals surface area contributed by atoms with Gasteiger partial charge in [0.2, 0.25) is 0 Å². The van der Waals surface area contributed by atoms with Gasteiger partial charge in [-0.25, -0.2) is 0 Å². The van der Waals surface area contributed by atoms with Crippen LogP contribution in [0, 0.1) is 5.92 Å². The summed E-state index contributed by atoms with van der Waals surface area (Å²) in [6, 6.07) is 0. The minimum atomic E-state index is -0.833. The lowest BCUT2D eigenvalue weighted by molar-refractivity contribution is -0.138. The second-order valence-electron chi connectivity index (χ2n) is 4.40. The molecule has 0 amide bonds. The van der Waals surface area contributed by atoms with Crippen LogP contribution in [0.4, 0.5) is 0 Å². The van der Waals surface area contributed by atoms with Crippen LogP contribution in [-0.2, 0) is 19.2 Å². The van der Waals surface area contributed by atoms with Gasteiger partial charge in [0.05, 0.1) is 0 Å². The molecule has 0 spiro atoms. The van der Waals surface area contributed by atoms with E-state index in [4.69, 9.17) is 25.2 Å². The van der Waals surface area contributed by atoms with Crippen LogP contribution in [0.25, 0.3) is 0 Å². The number of carboxylic acid groups (broad SMARTS) is 4. The standard InChI is InChI=1S/C5H10O2.C4H8O2.C3H6O2.C2H4O2/c1-4(2)3-5(6)7;1-2-3-4(5)6;1-2-3(4)5;1-2(3)4/h4H,3H2,1-2H3,(H,6,7);2-3H2,1H3,(H,5,6);2H2,1H3,(H,4,5);1H3,(H,3,4). The van der Waals surface area contributed by atoms with Crippen molar-refractivity contribution >= 4 is 23.9 Å². The van der Waals surface area contributed by atoms with Gasteiger partial charge in [-0.3, -0.25) is 19.2 Å². The fourth-order valence-electron chi connectivity index (χ4n) is 0.563. The van der Waals surface area contributed by atoms with E-state index in [2.05, 4.69) is 0 Å². The smallest absolute Gasteiger partial charge is 0.303 e. The minimum Gasteiger partial charge on any atom is -0.481 e. The Hall–Kier alpha value is -2.12. The normalized spacial score (nSPS) is 8.09. The second-order valence-corrected chi connectivity index (χ2v) is 4.40. The van der Waals surface area contributed by atoms with Gasteiger partial charge in [0.25, 0.3) is 5.97 Å². The number of aliphatic carboxylic acids is 4. The highest BCUT2D eigenvalue weighted by Gasteiger charge is 1.98. The summed E-state index contributed by atoms with van der Waals surface area (Å²) in [7, 11) is 0. The van der Waals surface area contributed by atoms with Crippen molar-refractivity contribution in [3.05, 3.63) is 0 Å². The lowest BCUT2D eigenvalue weighted by atomic mass is 10.1. The van der Waals surface area contributed by atoms with Gasteiger partial charge in [0.15, 0.2) is 0 Å². The quantitative estimate of drug-likeness (QED) is 0.602. The number of carboxylic acids is 4. The van der Waals surface area contributed by atoms with Gasteiger partial charge in [-0.15, -0.1) is 0 Å². The first kappa shape index (κ1) is 28.1. The summed E-state index contributed by atoms with van der Waals surface area (Å²) >= 11 is 0. The fraction of sp³-hybridized carbons (Fsp3) is 0.714. The molecule has 0 bridgehead atoms. The lowest BCUT2D eigenvalue weighted by Crippen LogP contribution is -1.99. The van der Waals surface area contributed by atoms with Crippen molar-refractivity contribution in [1.82, 2.24) is 0 Å². The zero-order chi connectivity index (χ0) is 18.7. The average molecular weight is 324 g/mol. The van der Waals surface area contributed by atoms with E-state index in [-0.39, 0.29) is 18.8 Å². The topological polar surface area (TPSA) is 149 Å². The summed E-state index contributed by atoms with van der Waals surface area (Å²) in [6.07, 6.45) is 1.52. The molecule has 0 saturated heterocycles. The SMILES string of the molecule is CC(=O)O.CC(C)CC(=O)O.CCC(=O)O.CCCC(=O)O. The summed E-state index contributed by atoms with van der Waals surface area (Å²) in [5.74, 6) is -2.73. The van der Waals surface area contributed by atoms with E-state index in [9.17, 15) is 14.4 Å². The maximum Gasteiger partial charge on any atom is 0.303 e. The second kappa shape index (κ2) is 21.2. The monoisotopic (exact) mass is 324 g/mol. The number of hydrogen-bond acceptors (Lipinski definition) is 4. The highest BCUT2D eigenvalue weighted by molar-refractivity contribution is 5.67. The molecule has 0 aromatic rings. The first-order chi connectivity index (χ1) is 9.90. The largest absolute Gasteiger partial charge is 0.481 e. The molecule has 132 valence electrons. The Bertz CT molecular complexity index is 306.